The molecular formula is C11H17BrN4. The predicted molar refractivity (Wildman–Crippen MR) is 69.4 cm³/mol. The van der Waals surface area contributed by atoms with Crippen LogP contribution < -0.4 is 10.6 Å². The van der Waals surface area contributed by atoms with Crippen molar-refractivity contribution in [2.45, 2.75) is 45.2 Å². The van der Waals surface area contributed by atoms with E-state index in [0.29, 0.717) is 18.0 Å². The van der Waals surface area contributed by atoms with Gasteiger partial charge in [-0.05, 0) is 42.1 Å². The average Bonchev–Trinajstić information content (AvgIpc) is 2.63. The minimum atomic E-state index is 0.340. The highest BCUT2D eigenvalue weighted by Gasteiger charge is 2.31. The monoisotopic (exact) mass is 284 g/mol. The van der Waals surface area contributed by atoms with Gasteiger partial charge in [-0.15, -0.1) is 0 Å². The molecule has 2 heterocycles. The molecule has 0 saturated carbocycles. The van der Waals surface area contributed by atoms with Crippen molar-refractivity contribution in [1.29, 1.82) is 0 Å². The molecule has 1 aliphatic rings. The maximum absolute atomic E-state index is 5.66. The zero-order chi connectivity index (χ0) is 11.7. The van der Waals surface area contributed by atoms with Gasteiger partial charge in [0, 0.05) is 18.3 Å². The van der Waals surface area contributed by atoms with Crippen LogP contribution in [0.3, 0.4) is 0 Å². The van der Waals surface area contributed by atoms with Crippen LogP contribution in [0.1, 0.15) is 33.1 Å². The van der Waals surface area contributed by atoms with Crippen LogP contribution in [0.2, 0.25) is 0 Å². The predicted octanol–water partition coefficient (Wildman–Crippen LogP) is 2.59. The Bertz CT molecular complexity index is 382. The lowest BCUT2D eigenvalue weighted by atomic mass is 10.1. The number of nitrogens with zero attached hydrogens (tertiary/aromatic N) is 3. The summed E-state index contributed by atoms with van der Waals surface area (Å²) in [6.07, 6.45) is 5.32. The van der Waals surface area contributed by atoms with Gasteiger partial charge >= 0.3 is 0 Å². The lowest BCUT2D eigenvalue weighted by Crippen LogP contribution is -2.35. The van der Waals surface area contributed by atoms with Crippen LogP contribution in [0.15, 0.2) is 10.7 Å². The molecule has 0 radical (unpaired) electrons. The van der Waals surface area contributed by atoms with E-state index in [4.69, 9.17) is 5.73 Å². The van der Waals surface area contributed by atoms with Gasteiger partial charge in [-0.3, -0.25) is 0 Å². The van der Waals surface area contributed by atoms with Crippen molar-refractivity contribution < 1.29 is 0 Å². The van der Waals surface area contributed by atoms with E-state index in [9.17, 15) is 0 Å². The van der Waals surface area contributed by atoms with Gasteiger partial charge in [0.25, 0.3) is 0 Å². The highest BCUT2D eigenvalue weighted by Crippen LogP contribution is 2.34. The Kier molecular flexibility index (Phi) is 3.33. The van der Waals surface area contributed by atoms with Crippen molar-refractivity contribution in [2.75, 3.05) is 10.6 Å². The summed E-state index contributed by atoms with van der Waals surface area (Å²) in [6.45, 7) is 4.45. The molecule has 2 N–H and O–H groups in total. The van der Waals surface area contributed by atoms with Crippen molar-refractivity contribution >= 4 is 27.7 Å². The topological polar surface area (TPSA) is 55.0 Å². The van der Waals surface area contributed by atoms with Crippen molar-refractivity contribution in [3.05, 3.63) is 10.7 Å². The highest BCUT2D eigenvalue weighted by atomic mass is 79.9. The molecular weight excluding hydrogens is 268 g/mol. The Hall–Kier alpha value is -0.840. The smallest absolute Gasteiger partial charge is 0.222 e. The van der Waals surface area contributed by atoms with Gasteiger partial charge in [0.1, 0.15) is 5.82 Å². The largest absolute Gasteiger partial charge is 0.368 e. The van der Waals surface area contributed by atoms with Crippen LogP contribution in [0, 0.1) is 0 Å². The molecule has 1 fully saturated rings. The van der Waals surface area contributed by atoms with E-state index in [-0.39, 0.29) is 0 Å². The van der Waals surface area contributed by atoms with E-state index >= 15 is 0 Å². The van der Waals surface area contributed by atoms with E-state index in [1.165, 1.54) is 12.8 Å². The molecule has 2 atom stereocenters. The van der Waals surface area contributed by atoms with Crippen LogP contribution in [0.5, 0.6) is 0 Å². The van der Waals surface area contributed by atoms with Gasteiger partial charge in [0.05, 0.1) is 4.47 Å². The first-order chi connectivity index (χ1) is 7.63. The molecule has 1 aromatic heterocycles. The first-order valence-corrected chi connectivity index (χ1v) is 6.49. The summed E-state index contributed by atoms with van der Waals surface area (Å²) in [7, 11) is 0. The maximum atomic E-state index is 5.66. The van der Waals surface area contributed by atoms with Crippen LogP contribution >= 0.6 is 15.9 Å². The fourth-order valence-corrected chi connectivity index (χ4v) is 2.80. The standard InChI is InChI=1S/C11H17BrN4/c1-3-8-5-4-7(2)16(8)10-9(12)6-14-11(13)15-10/h6-8H,3-5H2,1-2H3,(H2,13,14,15). The van der Waals surface area contributed by atoms with Gasteiger partial charge in [0.2, 0.25) is 5.95 Å². The number of halogens is 1. The van der Waals surface area contributed by atoms with Gasteiger partial charge in [-0.25, -0.2) is 4.98 Å². The molecule has 4 nitrogen and oxygen atoms in total. The zero-order valence-corrected chi connectivity index (χ0v) is 11.2. The third-order valence-electron chi connectivity index (χ3n) is 3.25. The number of rotatable bonds is 2. The van der Waals surface area contributed by atoms with E-state index in [0.717, 1.165) is 16.7 Å². The number of hydrogen-bond donors (Lipinski definition) is 1. The molecule has 88 valence electrons. The molecule has 0 amide bonds. The Morgan fingerprint density at radius 1 is 1.56 bits per heavy atom. The number of anilines is 2. The minimum absolute atomic E-state index is 0.340. The zero-order valence-electron chi connectivity index (χ0n) is 9.65. The molecule has 1 saturated heterocycles. The molecule has 2 rings (SSSR count). The Morgan fingerprint density at radius 2 is 2.31 bits per heavy atom. The third kappa shape index (κ3) is 2.00. The molecule has 1 aromatic rings. The summed E-state index contributed by atoms with van der Waals surface area (Å²) < 4.78 is 0.925. The van der Waals surface area contributed by atoms with Crippen LogP contribution in [-0.2, 0) is 0 Å². The van der Waals surface area contributed by atoms with Gasteiger partial charge in [-0.2, -0.15) is 4.98 Å². The van der Waals surface area contributed by atoms with Crippen LogP contribution in [0.4, 0.5) is 11.8 Å². The van der Waals surface area contributed by atoms with Crippen molar-refractivity contribution in [3.63, 3.8) is 0 Å². The summed E-state index contributed by atoms with van der Waals surface area (Å²) in [5.74, 6) is 1.27. The second kappa shape index (κ2) is 4.57. The summed E-state index contributed by atoms with van der Waals surface area (Å²) in [6, 6.07) is 1.09. The fraction of sp³-hybridized carbons (Fsp3) is 0.636. The quantitative estimate of drug-likeness (QED) is 0.907. The molecule has 16 heavy (non-hydrogen) atoms. The van der Waals surface area contributed by atoms with Crippen LogP contribution in [-0.4, -0.2) is 22.1 Å². The summed E-state index contributed by atoms with van der Waals surface area (Å²) in [5.41, 5.74) is 5.66. The summed E-state index contributed by atoms with van der Waals surface area (Å²) in [4.78, 5) is 10.7. The Labute approximate surface area is 104 Å². The van der Waals surface area contributed by atoms with Crippen molar-refractivity contribution in [2.24, 2.45) is 0 Å². The van der Waals surface area contributed by atoms with E-state index in [2.05, 4.69) is 44.6 Å². The first kappa shape index (κ1) is 11.6. The van der Waals surface area contributed by atoms with E-state index in [1.807, 2.05) is 0 Å². The molecule has 0 spiro atoms. The number of hydrogen-bond acceptors (Lipinski definition) is 4. The van der Waals surface area contributed by atoms with Crippen LogP contribution in [0.25, 0.3) is 0 Å². The second-order valence-corrected chi connectivity index (χ2v) is 5.15. The van der Waals surface area contributed by atoms with Gasteiger partial charge in [0.15, 0.2) is 0 Å². The first-order valence-electron chi connectivity index (χ1n) is 5.69. The minimum Gasteiger partial charge on any atom is -0.368 e. The third-order valence-corrected chi connectivity index (χ3v) is 3.81. The van der Waals surface area contributed by atoms with E-state index in [1.54, 1.807) is 6.20 Å². The summed E-state index contributed by atoms with van der Waals surface area (Å²) >= 11 is 3.50. The SMILES string of the molecule is CCC1CCC(C)N1c1nc(N)ncc1Br. The Balaban J connectivity index is 2.37. The lowest BCUT2D eigenvalue weighted by molar-refractivity contribution is 0.619. The molecule has 0 aliphatic carbocycles. The van der Waals surface area contributed by atoms with E-state index < -0.39 is 0 Å². The number of aromatic nitrogens is 2. The average molecular weight is 285 g/mol. The van der Waals surface area contributed by atoms with Gasteiger partial charge in [-0.1, -0.05) is 6.92 Å². The van der Waals surface area contributed by atoms with Crippen molar-refractivity contribution in [1.82, 2.24) is 9.97 Å². The molecule has 0 bridgehead atoms. The highest BCUT2D eigenvalue weighted by molar-refractivity contribution is 9.10. The maximum Gasteiger partial charge on any atom is 0.222 e. The van der Waals surface area contributed by atoms with Crippen molar-refractivity contribution in [3.8, 4) is 0 Å². The fourth-order valence-electron chi connectivity index (χ4n) is 2.41. The van der Waals surface area contributed by atoms with Gasteiger partial charge < -0.3 is 10.6 Å². The lowest BCUT2D eigenvalue weighted by Gasteiger charge is -2.29. The number of nitrogens with two attached hydrogens (primary N) is 1. The summed E-state index contributed by atoms with van der Waals surface area (Å²) in [5, 5.41) is 0. The number of nitrogen functional groups attached to an aromatic ring is 1. The molecule has 2 unspecified atom stereocenters. The Morgan fingerprint density at radius 3 is 3.00 bits per heavy atom. The molecule has 0 aromatic carbocycles. The molecule has 5 heteroatoms. The second-order valence-electron chi connectivity index (χ2n) is 4.30. The molecule has 1 aliphatic heterocycles. The normalized spacial score (nSPS) is 25.1.